The van der Waals surface area contributed by atoms with Gasteiger partial charge in [-0.3, -0.25) is 0 Å². The molecule has 2 nitrogen and oxygen atoms in total. The molecular weight excluding hydrogens is 176 g/mol. The number of aliphatic hydroxyl groups is 1. The second-order valence-electron chi connectivity index (χ2n) is 3.69. The summed E-state index contributed by atoms with van der Waals surface area (Å²) in [6.45, 7) is 2.87. The van der Waals surface area contributed by atoms with Crippen LogP contribution >= 0.6 is 0 Å². The Morgan fingerprint density at radius 3 is 2.43 bits per heavy atom. The maximum absolute atomic E-state index is 9.09. The van der Waals surface area contributed by atoms with Crippen LogP contribution < -0.4 is 0 Å². The Morgan fingerprint density at radius 2 is 1.93 bits per heavy atom. The van der Waals surface area contributed by atoms with E-state index in [9.17, 15) is 0 Å². The Labute approximate surface area is 85.5 Å². The number of rotatable bonds is 5. The lowest BCUT2D eigenvalue weighted by molar-refractivity contribution is 0.110. The van der Waals surface area contributed by atoms with E-state index < -0.39 is 0 Å². The zero-order valence-corrected chi connectivity index (χ0v) is 8.86. The predicted molar refractivity (Wildman–Crippen MR) is 57.3 cm³/mol. The Kier molecular flexibility index (Phi) is 4.63. The quantitative estimate of drug-likeness (QED) is 0.774. The third-order valence-corrected chi connectivity index (χ3v) is 2.31. The molecule has 0 radical (unpaired) electrons. The highest BCUT2D eigenvalue weighted by atomic mass is 16.5. The summed E-state index contributed by atoms with van der Waals surface area (Å²) in [7, 11) is 1.66. The van der Waals surface area contributed by atoms with Gasteiger partial charge in [-0.25, -0.2) is 0 Å². The molecule has 0 saturated heterocycles. The average Bonchev–Trinajstić information content (AvgIpc) is 2.20. The highest BCUT2D eigenvalue weighted by Crippen LogP contribution is 2.10. The average molecular weight is 194 g/mol. The van der Waals surface area contributed by atoms with Gasteiger partial charge in [0.15, 0.2) is 0 Å². The summed E-state index contributed by atoms with van der Waals surface area (Å²) in [4.78, 5) is 0. The molecule has 1 aromatic rings. The summed E-state index contributed by atoms with van der Waals surface area (Å²) < 4.78 is 5.03. The molecule has 0 amide bonds. The van der Waals surface area contributed by atoms with E-state index in [0.717, 1.165) is 6.42 Å². The van der Waals surface area contributed by atoms with E-state index in [1.165, 1.54) is 11.1 Å². The minimum Gasteiger partial charge on any atom is -0.396 e. The van der Waals surface area contributed by atoms with Crippen LogP contribution in [-0.2, 0) is 11.2 Å². The molecule has 0 aromatic heterocycles. The van der Waals surface area contributed by atoms with Crippen LogP contribution in [0.3, 0.4) is 0 Å². The molecule has 0 heterocycles. The monoisotopic (exact) mass is 194 g/mol. The van der Waals surface area contributed by atoms with Crippen LogP contribution in [0.4, 0.5) is 0 Å². The number of ether oxygens (including phenoxy) is 1. The fourth-order valence-electron chi connectivity index (χ4n) is 1.47. The van der Waals surface area contributed by atoms with Gasteiger partial charge in [0.25, 0.3) is 0 Å². The van der Waals surface area contributed by atoms with E-state index in [2.05, 4.69) is 31.2 Å². The minimum absolute atomic E-state index is 0.182. The fourth-order valence-corrected chi connectivity index (χ4v) is 1.47. The molecule has 78 valence electrons. The van der Waals surface area contributed by atoms with E-state index in [1.807, 2.05) is 0 Å². The van der Waals surface area contributed by atoms with Gasteiger partial charge in [0.1, 0.15) is 0 Å². The number of hydrogen-bond acceptors (Lipinski definition) is 2. The van der Waals surface area contributed by atoms with Gasteiger partial charge < -0.3 is 9.84 Å². The summed E-state index contributed by atoms with van der Waals surface area (Å²) in [5, 5.41) is 9.09. The molecule has 14 heavy (non-hydrogen) atoms. The smallest absolute Gasteiger partial charge is 0.0515 e. The van der Waals surface area contributed by atoms with Crippen LogP contribution in [0, 0.1) is 12.8 Å². The number of methoxy groups -OCH3 is 1. The van der Waals surface area contributed by atoms with Gasteiger partial charge in [-0.2, -0.15) is 0 Å². The lowest BCUT2D eigenvalue weighted by Crippen LogP contribution is -2.15. The standard InChI is InChI=1S/C12H18O2/c1-10-3-5-11(6-4-10)7-12(8-13)9-14-2/h3-6,12-13H,7-9H2,1-2H3. The van der Waals surface area contributed by atoms with Gasteiger partial charge in [-0.05, 0) is 18.9 Å². The fraction of sp³-hybridized carbons (Fsp3) is 0.500. The summed E-state index contributed by atoms with van der Waals surface area (Å²) >= 11 is 0. The van der Waals surface area contributed by atoms with E-state index >= 15 is 0 Å². The molecule has 0 spiro atoms. The Balaban J connectivity index is 2.53. The van der Waals surface area contributed by atoms with Gasteiger partial charge in [0.05, 0.1) is 6.61 Å². The number of aryl methyl sites for hydroxylation is 1. The molecular formula is C12H18O2. The van der Waals surface area contributed by atoms with Crippen LogP contribution in [-0.4, -0.2) is 25.4 Å². The topological polar surface area (TPSA) is 29.5 Å². The van der Waals surface area contributed by atoms with E-state index in [1.54, 1.807) is 7.11 Å². The zero-order chi connectivity index (χ0) is 10.4. The van der Waals surface area contributed by atoms with Crippen LogP contribution in [0.25, 0.3) is 0 Å². The van der Waals surface area contributed by atoms with Gasteiger partial charge in [-0.1, -0.05) is 29.8 Å². The Morgan fingerprint density at radius 1 is 1.29 bits per heavy atom. The van der Waals surface area contributed by atoms with Gasteiger partial charge in [0, 0.05) is 19.6 Å². The first-order valence-corrected chi connectivity index (χ1v) is 4.91. The van der Waals surface area contributed by atoms with Crippen LogP contribution in [0.2, 0.25) is 0 Å². The summed E-state index contributed by atoms with van der Waals surface area (Å²) in [6, 6.07) is 8.40. The number of hydrogen-bond donors (Lipinski definition) is 1. The first-order chi connectivity index (χ1) is 6.76. The predicted octanol–water partition coefficient (Wildman–Crippen LogP) is 1.79. The molecule has 1 unspecified atom stereocenters. The van der Waals surface area contributed by atoms with Crippen molar-refractivity contribution in [2.24, 2.45) is 5.92 Å². The molecule has 0 aliphatic heterocycles. The van der Waals surface area contributed by atoms with Gasteiger partial charge >= 0.3 is 0 Å². The normalized spacial score (nSPS) is 12.8. The molecule has 1 aromatic carbocycles. The van der Waals surface area contributed by atoms with Gasteiger partial charge in [-0.15, -0.1) is 0 Å². The molecule has 0 bridgehead atoms. The van der Waals surface area contributed by atoms with Crippen molar-refractivity contribution in [3.63, 3.8) is 0 Å². The van der Waals surface area contributed by atoms with Crippen molar-refractivity contribution in [2.45, 2.75) is 13.3 Å². The zero-order valence-electron chi connectivity index (χ0n) is 8.86. The van der Waals surface area contributed by atoms with Crippen LogP contribution in [0.5, 0.6) is 0 Å². The Hall–Kier alpha value is -0.860. The van der Waals surface area contributed by atoms with Crippen molar-refractivity contribution in [3.8, 4) is 0 Å². The summed E-state index contributed by atoms with van der Waals surface area (Å²) in [5.74, 6) is 0.211. The maximum atomic E-state index is 9.09. The summed E-state index contributed by atoms with van der Waals surface area (Å²) in [6.07, 6.45) is 0.880. The van der Waals surface area contributed by atoms with Crippen molar-refractivity contribution < 1.29 is 9.84 Å². The van der Waals surface area contributed by atoms with Crippen molar-refractivity contribution in [3.05, 3.63) is 35.4 Å². The van der Waals surface area contributed by atoms with E-state index in [-0.39, 0.29) is 12.5 Å². The molecule has 0 aliphatic rings. The van der Waals surface area contributed by atoms with Crippen molar-refractivity contribution in [1.29, 1.82) is 0 Å². The lowest BCUT2D eigenvalue weighted by atomic mass is 10.0. The number of benzene rings is 1. The van der Waals surface area contributed by atoms with Gasteiger partial charge in [0.2, 0.25) is 0 Å². The molecule has 0 fully saturated rings. The second kappa shape index (κ2) is 5.78. The lowest BCUT2D eigenvalue weighted by Gasteiger charge is -2.12. The molecule has 1 rings (SSSR count). The molecule has 2 heteroatoms. The summed E-state index contributed by atoms with van der Waals surface area (Å²) in [5.41, 5.74) is 2.52. The molecule has 1 atom stereocenters. The highest BCUT2D eigenvalue weighted by molar-refractivity contribution is 5.21. The molecule has 0 saturated carbocycles. The van der Waals surface area contributed by atoms with Crippen molar-refractivity contribution >= 4 is 0 Å². The van der Waals surface area contributed by atoms with E-state index in [4.69, 9.17) is 9.84 Å². The highest BCUT2D eigenvalue weighted by Gasteiger charge is 2.07. The molecule has 1 N–H and O–H groups in total. The minimum atomic E-state index is 0.182. The SMILES string of the molecule is COCC(CO)Cc1ccc(C)cc1. The van der Waals surface area contributed by atoms with Crippen LogP contribution in [0.15, 0.2) is 24.3 Å². The van der Waals surface area contributed by atoms with E-state index in [0.29, 0.717) is 6.61 Å². The van der Waals surface area contributed by atoms with Crippen molar-refractivity contribution in [2.75, 3.05) is 20.3 Å². The first kappa shape index (κ1) is 11.2. The third kappa shape index (κ3) is 3.48. The van der Waals surface area contributed by atoms with Crippen molar-refractivity contribution in [1.82, 2.24) is 0 Å². The third-order valence-electron chi connectivity index (χ3n) is 2.31. The number of aliphatic hydroxyl groups excluding tert-OH is 1. The Bertz CT molecular complexity index is 254. The largest absolute Gasteiger partial charge is 0.396 e. The molecule has 0 aliphatic carbocycles. The second-order valence-corrected chi connectivity index (χ2v) is 3.69. The van der Waals surface area contributed by atoms with Crippen LogP contribution in [0.1, 0.15) is 11.1 Å². The maximum Gasteiger partial charge on any atom is 0.0515 e. The first-order valence-electron chi connectivity index (χ1n) is 4.91.